The Balaban J connectivity index is 1.60. The summed E-state index contributed by atoms with van der Waals surface area (Å²) < 4.78 is 22.9. The third-order valence-corrected chi connectivity index (χ3v) is 20.2. The van der Waals surface area contributed by atoms with E-state index >= 15 is 0 Å². The van der Waals surface area contributed by atoms with Crippen molar-refractivity contribution in [2.75, 3.05) is 19.8 Å². The van der Waals surface area contributed by atoms with Crippen molar-refractivity contribution in [3.63, 3.8) is 0 Å². The van der Waals surface area contributed by atoms with E-state index in [1.807, 2.05) is 6.08 Å². The molecule has 97 heavy (non-hydrogen) atoms. The first-order valence-corrected chi connectivity index (χ1v) is 41.4. The number of nitrogens with one attached hydrogen (secondary N) is 1. The predicted octanol–water partition coefficient (Wildman–Crippen LogP) is 19.0. The lowest BCUT2D eigenvalue weighted by atomic mass is 9.97. The molecule has 2 saturated heterocycles. The van der Waals surface area contributed by atoms with Gasteiger partial charge < -0.3 is 65.1 Å². The maximum absolute atomic E-state index is 13.4. The molecule has 2 rings (SSSR count). The second-order valence-electron chi connectivity index (χ2n) is 29.2. The number of rotatable bonds is 70. The Morgan fingerprint density at radius 1 is 0.361 bits per heavy atom. The summed E-state index contributed by atoms with van der Waals surface area (Å²) in [6.45, 7) is 2.83. The van der Waals surface area contributed by atoms with E-state index in [4.69, 9.17) is 18.9 Å². The summed E-state index contributed by atoms with van der Waals surface area (Å²) in [4.78, 5) is 13.4. The summed E-state index contributed by atoms with van der Waals surface area (Å²) in [5.74, 6) is -0.246. The van der Waals surface area contributed by atoms with Crippen molar-refractivity contribution in [1.29, 1.82) is 0 Å². The average Bonchev–Trinajstić information content (AvgIpc) is 0.794. The highest BCUT2D eigenvalue weighted by molar-refractivity contribution is 5.76. The highest BCUT2D eigenvalue weighted by Gasteiger charge is 2.51. The molecule has 0 aromatic rings. The quantitative estimate of drug-likeness (QED) is 0.0204. The topological polar surface area (TPSA) is 228 Å². The van der Waals surface area contributed by atoms with Gasteiger partial charge in [0.25, 0.3) is 0 Å². The van der Waals surface area contributed by atoms with E-state index in [0.29, 0.717) is 12.8 Å². The molecule has 0 aliphatic carbocycles. The number of ether oxygens (including phenoxy) is 4. The van der Waals surface area contributed by atoms with E-state index in [1.165, 1.54) is 302 Å². The Labute approximate surface area is 594 Å². The number of amides is 1. The molecule has 2 aliphatic heterocycles. The van der Waals surface area contributed by atoms with Gasteiger partial charge in [-0.15, -0.1) is 0 Å². The fourth-order valence-electron chi connectivity index (χ4n) is 13.7. The molecule has 2 heterocycles. The first-order valence-electron chi connectivity index (χ1n) is 41.4. The van der Waals surface area contributed by atoms with Crippen molar-refractivity contribution in [2.24, 2.45) is 0 Å². The molecular formula is C83H155NO13. The van der Waals surface area contributed by atoms with Crippen molar-refractivity contribution in [3.8, 4) is 0 Å². The molecule has 14 heteroatoms. The van der Waals surface area contributed by atoms with Gasteiger partial charge in [-0.1, -0.05) is 351 Å². The standard InChI is InChI=1S/C83H155NO13/c1-3-5-7-9-11-13-15-17-19-21-23-25-27-29-31-32-33-34-35-36-37-38-39-40-41-43-45-47-49-51-53-55-57-59-61-63-65-67-75(88)84-71(70-94-82-80(93)78(91)81(74(69-86)96-82)97-83-79(92)77(90)76(89)73(68-85)95-83)72(87)66-64-62-60-58-56-54-52-50-48-46-44-42-30-28-26-24-22-20-18-16-14-12-10-8-6-4-2/h21,23,48,50,56,58,64,66,71-74,76-83,85-87,89-93H,3-20,22,24-47,49,51-55,57,59-63,65,67-70H2,1-2H3,(H,84,88)/b23-21-,50-48+,58-56+,66-64+. The number of hydrogen-bond acceptors (Lipinski definition) is 13. The van der Waals surface area contributed by atoms with Crippen LogP contribution in [0.3, 0.4) is 0 Å². The van der Waals surface area contributed by atoms with Crippen molar-refractivity contribution in [2.45, 2.75) is 453 Å². The Hall–Kier alpha value is -2.05. The highest BCUT2D eigenvalue weighted by atomic mass is 16.7. The Kier molecular flexibility index (Phi) is 63.0. The molecule has 0 bridgehead atoms. The minimum absolute atomic E-state index is 0.246. The summed E-state index contributed by atoms with van der Waals surface area (Å²) >= 11 is 0. The molecule has 0 spiro atoms. The molecule has 0 aromatic heterocycles. The fourth-order valence-corrected chi connectivity index (χ4v) is 13.7. The number of hydrogen-bond donors (Lipinski definition) is 9. The van der Waals surface area contributed by atoms with Crippen molar-refractivity contribution in [3.05, 3.63) is 48.6 Å². The second kappa shape index (κ2) is 67.1. The average molecular weight is 1380 g/mol. The van der Waals surface area contributed by atoms with Crippen molar-refractivity contribution >= 4 is 5.91 Å². The highest BCUT2D eigenvalue weighted by Crippen LogP contribution is 2.30. The van der Waals surface area contributed by atoms with E-state index in [9.17, 15) is 45.6 Å². The van der Waals surface area contributed by atoms with Crippen LogP contribution in [0.25, 0.3) is 0 Å². The van der Waals surface area contributed by atoms with Crippen molar-refractivity contribution in [1.82, 2.24) is 5.32 Å². The van der Waals surface area contributed by atoms with Crippen LogP contribution in [0.2, 0.25) is 0 Å². The zero-order valence-electron chi connectivity index (χ0n) is 62.6. The maximum atomic E-state index is 13.4. The van der Waals surface area contributed by atoms with E-state index < -0.39 is 86.8 Å². The van der Waals surface area contributed by atoms with Gasteiger partial charge in [0.1, 0.15) is 48.8 Å². The maximum Gasteiger partial charge on any atom is 0.220 e. The first kappa shape index (κ1) is 91.0. The minimum atomic E-state index is -1.79. The molecule has 2 aliphatic rings. The Bertz CT molecular complexity index is 1810. The lowest BCUT2D eigenvalue weighted by Crippen LogP contribution is -2.65. The summed E-state index contributed by atoms with van der Waals surface area (Å²) in [6.07, 6.45) is 73.6. The van der Waals surface area contributed by atoms with Crippen LogP contribution in [0.4, 0.5) is 0 Å². The number of unbranched alkanes of at least 4 members (excludes halogenated alkanes) is 51. The molecule has 0 saturated carbocycles. The van der Waals surface area contributed by atoms with Crippen LogP contribution in [0.15, 0.2) is 48.6 Å². The first-order chi connectivity index (χ1) is 47.6. The van der Waals surface area contributed by atoms with Gasteiger partial charge in [0.2, 0.25) is 5.91 Å². The normalized spacial score (nSPS) is 22.3. The van der Waals surface area contributed by atoms with E-state index in [1.54, 1.807) is 6.08 Å². The summed E-state index contributed by atoms with van der Waals surface area (Å²) in [6, 6.07) is -0.939. The fraction of sp³-hybridized carbons (Fsp3) is 0.892. The number of carbonyl (C=O) groups is 1. The van der Waals surface area contributed by atoms with Crippen LogP contribution in [0, 0.1) is 0 Å². The molecule has 570 valence electrons. The number of carbonyl (C=O) groups excluding carboxylic acids is 1. The van der Waals surface area contributed by atoms with Crippen LogP contribution in [0.1, 0.15) is 380 Å². The van der Waals surface area contributed by atoms with E-state index in [-0.39, 0.29) is 18.9 Å². The van der Waals surface area contributed by atoms with Crippen LogP contribution in [-0.4, -0.2) is 140 Å². The minimum Gasteiger partial charge on any atom is -0.394 e. The third-order valence-electron chi connectivity index (χ3n) is 20.2. The Morgan fingerprint density at radius 3 is 1.01 bits per heavy atom. The summed E-state index contributed by atoms with van der Waals surface area (Å²) in [5, 5.41) is 87.6. The molecule has 0 radical (unpaired) electrons. The second-order valence-corrected chi connectivity index (χ2v) is 29.2. The van der Waals surface area contributed by atoms with Crippen LogP contribution >= 0.6 is 0 Å². The summed E-state index contributed by atoms with van der Waals surface area (Å²) in [7, 11) is 0. The van der Waals surface area contributed by atoms with Gasteiger partial charge in [0, 0.05) is 6.42 Å². The predicted molar refractivity (Wildman–Crippen MR) is 401 cm³/mol. The lowest BCUT2D eigenvalue weighted by Gasteiger charge is -2.46. The smallest absolute Gasteiger partial charge is 0.220 e. The molecule has 0 aromatic carbocycles. The largest absolute Gasteiger partial charge is 0.394 e. The van der Waals surface area contributed by atoms with Gasteiger partial charge >= 0.3 is 0 Å². The van der Waals surface area contributed by atoms with E-state index in [0.717, 1.165) is 44.9 Å². The van der Waals surface area contributed by atoms with Crippen LogP contribution in [-0.2, 0) is 23.7 Å². The zero-order valence-corrected chi connectivity index (χ0v) is 62.6. The lowest BCUT2D eigenvalue weighted by molar-refractivity contribution is -0.359. The molecule has 14 nitrogen and oxygen atoms in total. The van der Waals surface area contributed by atoms with Gasteiger partial charge in [-0.2, -0.15) is 0 Å². The number of allylic oxidation sites excluding steroid dienone is 7. The van der Waals surface area contributed by atoms with Gasteiger partial charge in [-0.05, 0) is 70.6 Å². The molecule has 2 fully saturated rings. The number of aliphatic hydroxyl groups excluding tert-OH is 8. The van der Waals surface area contributed by atoms with Crippen LogP contribution < -0.4 is 5.32 Å². The third kappa shape index (κ3) is 50.1. The SMILES string of the molecule is CCCCCCCCCC/C=C\CCCCCCCCCCCCCCCCCCCCCCCCCCCC(=O)NC(COC1OC(CO)C(OC2OC(CO)C(O)C(O)C2O)C(O)C1O)C(O)/C=C/CC/C=C/CC/C=C/CCCCCCCCCCCCCCCCCC. The summed E-state index contributed by atoms with van der Waals surface area (Å²) in [5.41, 5.74) is 0. The van der Waals surface area contributed by atoms with E-state index in [2.05, 4.69) is 55.6 Å². The molecule has 9 N–H and O–H groups in total. The molecule has 1 amide bonds. The van der Waals surface area contributed by atoms with Gasteiger partial charge in [0.05, 0.1) is 32.0 Å². The zero-order chi connectivity index (χ0) is 70.1. The van der Waals surface area contributed by atoms with Crippen LogP contribution in [0.5, 0.6) is 0 Å². The molecule has 12 unspecified atom stereocenters. The monoisotopic (exact) mass is 1370 g/mol. The van der Waals surface area contributed by atoms with Crippen molar-refractivity contribution < 1.29 is 64.6 Å². The Morgan fingerprint density at radius 2 is 0.660 bits per heavy atom. The van der Waals surface area contributed by atoms with Gasteiger partial charge in [-0.3, -0.25) is 4.79 Å². The number of aliphatic hydroxyl groups is 8. The van der Waals surface area contributed by atoms with Gasteiger partial charge in [0.15, 0.2) is 12.6 Å². The molecular weight excluding hydrogens is 1220 g/mol. The molecule has 12 atom stereocenters. The van der Waals surface area contributed by atoms with Gasteiger partial charge in [-0.25, -0.2) is 0 Å².